The summed E-state index contributed by atoms with van der Waals surface area (Å²) in [7, 11) is -1.05. The van der Waals surface area contributed by atoms with E-state index in [1.807, 2.05) is 0 Å². The van der Waals surface area contributed by atoms with Gasteiger partial charge in [-0.3, -0.25) is 4.21 Å². The zero-order valence-corrected chi connectivity index (χ0v) is 9.70. The zero-order valence-electron chi connectivity index (χ0n) is 8.89. The predicted molar refractivity (Wildman–Crippen MR) is 62.0 cm³/mol. The molecule has 2 rings (SSSR count). The molecule has 86 valence electrons. The lowest BCUT2D eigenvalue weighted by atomic mass is 10.2. The number of carboxylic acid groups (broad SMARTS) is 1. The number of carboxylic acids is 1. The highest BCUT2D eigenvalue weighted by Gasteiger charge is 2.21. The maximum Gasteiger partial charge on any atom is 0.335 e. The van der Waals surface area contributed by atoms with E-state index in [2.05, 4.69) is 0 Å². The Kier molecular flexibility index (Phi) is 3.39. The van der Waals surface area contributed by atoms with Crippen molar-refractivity contribution in [1.29, 1.82) is 0 Å². The average Bonchev–Trinajstić information content (AvgIpc) is 3.10. The van der Waals surface area contributed by atoms with Gasteiger partial charge >= 0.3 is 5.97 Å². The van der Waals surface area contributed by atoms with Gasteiger partial charge in [0.25, 0.3) is 0 Å². The Morgan fingerprint density at radius 3 is 2.81 bits per heavy atom. The quantitative estimate of drug-likeness (QED) is 0.856. The number of hydrogen-bond donors (Lipinski definition) is 1. The summed E-state index contributed by atoms with van der Waals surface area (Å²) < 4.78 is 11.9. The summed E-state index contributed by atoms with van der Waals surface area (Å²) in [6.45, 7) is 0. The maximum absolute atomic E-state index is 11.9. The van der Waals surface area contributed by atoms with Gasteiger partial charge in [0.15, 0.2) is 0 Å². The van der Waals surface area contributed by atoms with E-state index >= 15 is 0 Å². The van der Waals surface area contributed by atoms with E-state index < -0.39 is 16.8 Å². The van der Waals surface area contributed by atoms with Crippen LogP contribution in [0.2, 0.25) is 0 Å². The van der Waals surface area contributed by atoms with Crippen LogP contribution in [0.25, 0.3) is 0 Å². The normalized spacial score (nSPS) is 17.0. The molecule has 0 amide bonds. The number of aromatic carboxylic acids is 1. The van der Waals surface area contributed by atoms with E-state index in [4.69, 9.17) is 5.11 Å². The summed E-state index contributed by atoms with van der Waals surface area (Å²) >= 11 is 0. The van der Waals surface area contributed by atoms with Gasteiger partial charge in [0, 0.05) is 10.6 Å². The molecule has 0 saturated heterocycles. The van der Waals surface area contributed by atoms with Crippen LogP contribution in [0.5, 0.6) is 0 Å². The summed E-state index contributed by atoms with van der Waals surface area (Å²) in [4.78, 5) is 11.4. The molecule has 1 aromatic rings. The molecule has 0 radical (unpaired) electrons. The van der Waals surface area contributed by atoms with E-state index in [1.54, 1.807) is 12.1 Å². The Bertz CT molecular complexity index is 424. The number of carbonyl (C=O) groups is 1. The van der Waals surface area contributed by atoms with Gasteiger partial charge < -0.3 is 5.11 Å². The van der Waals surface area contributed by atoms with Crippen LogP contribution >= 0.6 is 0 Å². The molecule has 1 atom stereocenters. The fourth-order valence-electron chi connectivity index (χ4n) is 1.57. The minimum atomic E-state index is -1.05. The van der Waals surface area contributed by atoms with Crippen molar-refractivity contribution >= 4 is 16.8 Å². The topological polar surface area (TPSA) is 54.4 Å². The molecular formula is C12H14O3S. The Balaban J connectivity index is 2.03. The molecule has 1 aromatic carbocycles. The van der Waals surface area contributed by atoms with Crippen molar-refractivity contribution in [1.82, 2.24) is 0 Å². The second kappa shape index (κ2) is 4.78. The first kappa shape index (κ1) is 11.3. The lowest BCUT2D eigenvalue weighted by Crippen LogP contribution is -2.02. The summed E-state index contributed by atoms with van der Waals surface area (Å²) in [6, 6.07) is 6.40. The fraction of sp³-hybridized carbons (Fsp3) is 0.417. The van der Waals surface area contributed by atoms with Crippen LogP contribution in [0.1, 0.15) is 29.6 Å². The number of hydrogen-bond acceptors (Lipinski definition) is 2. The molecule has 1 aliphatic rings. The largest absolute Gasteiger partial charge is 0.478 e. The summed E-state index contributed by atoms with van der Waals surface area (Å²) in [5, 5.41) is 8.82. The number of rotatable bonds is 5. The monoisotopic (exact) mass is 238 g/mol. The second-order valence-electron chi connectivity index (χ2n) is 4.11. The van der Waals surface area contributed by atoms with Crippen molar-refractivity contribution in [2.75, 3.05) is 5.75 Å². The van der Waals surface area contributed by atoms with Crippen LogP contribution in [0.4, 0.5) is 0 Å². The third-order valence-electron chi connectivity index (χ3n) is 2.75. The molecule has 1 saturated carbocycles. The van der Waals surface area contributed by atoms with Gasteiger partial charge in [0.1, 0.15) is 0 Å². The molecule has 1 aliphatic carbocycles. The van der Waals surface area contributed by atoms with Crippen LogP contribution in [0.15, 0.2) is 29.2 Å². The molecule has 1 N–H and O–H groups in total. The third-order valence-corrected chi connectivity index (χ3v) is 4.14. The standard InChI is InChI=1S/C12H14O3S/c13-12(14)10-2-1-3-11(8-10)16(15)7-6-9-4-5-9/h1-3,8-9H,4-7H2,(H,13,14). The smallest absolute Gasteiger partial charge is 0.335 e. The first-order valence-corrected chi connectivity index (χ1v) is 6.70. The minimum Gasteiger partial charge on any atom is -0.478 e. The van der Waals surface area contributed by atoms with Gasteiger partial charge in [-0.15, -0.1) is 0 Å². The Labute approximate surface area is 96.9 Å². The summed E-state index contributed by atoms with van der Waals surface area (Å²) in [5.74, 6) is 0.431. The van der Waals surface area contributed by atoms with E-state index in [0.29, 0.717) is 10.6 Å². The van der Waals surface area contributed by atoms with Gasteiger partial charge in [0.2, 0.25) is 0 Å². The van der Waals surface area contributed by atoms with Crippen molar-refractivity contribution in [3.05, 3.63) is 29.8 Å². The SMILES string of the molecule is O=C(O)c1cccc(S(=O)CCC2CC2)c1. The average molecular weight is 238 g/mol. The highest BCUT2D eigenvalue weighted by atomic mass is 32.2. The molecule has 1 fully saturated rings. The van der Waals surface area contributed by atoms with Crippen molar-refractivity contribution in [3.63, 3.8) is 0 Å². The lowest BCUT2D eigenvalue weighted by molar-refractivity contribution is 0.0696. The van der Waals surface area contributed by atoms with E-state index in [0.717, 1.165) is 12.3 Å². The molecule has 0 heterocycles. The van der Waals surface area contributed by atoms with E-state index in [1.165, 1.54) is 25.0 Å². The van der Waals surface area contributed by atoms with Gasteiger partial charge in [-0.05, 0) is 30.5 Å². The van der Waals surface area contributed by atoms with Crippen molar-refractivity contribution in [2.24, 2.45) is 5.92 Å². The lowest BCUT2D eigenvalue weighted by Gasteiger charge is -2.02. The first-order chi connectivity index (χ1) is 7.66. The minimum absolute atomic E-state index is 0.206. The van der Waals surface area contributed by atoms with Crippen molar-refractivity contribution in [2.45, 2.75) is 24.2 Å². The van der Waals surface area contributed by atoms with Crippen LogP contribution in [-0.2, 0) is 10.8 Å². The molecule has 0 aromatic heterocycles. The van der Waals surface area contributed by atoms with Gasteiger partial charge in [-0.2, -0.15) is 0 Å². The van der Waals surface area contributed by atoms with Crippen molar-refractivity contribution < 1.29 is 14.1 Å². The summed E-state index contributed by atoms with van der Waals surface area (Å²) in [5.41, 5.74) is 0.206. The Morgan fingerprint density at radius 1 is 1.44 bits per heavy atom. The van der Waals surface area contributed by atoms with Crippen molar-refractivity contribution in [3.8, 4) is 0 Å². The Hall–Kier alpha value is -1.16. The third kappa shape index (κ3) is 2.92. The highest BCUT2D eigenvalue weighted by molar-refractivity contribution is 7.85. The van der Waals surface area contributed by atoms with Gasteiger partial charge in [0.05, 0.1) is 16.4 Å². The fourth-order valence-corrected chi connectivity index (χ4v) is 2.84. The second-order valence-corrected chi connectivity index (χ2v) is 5.69. The van der Waals surface area contributed by atoms with Gasteiger partial charge in [-0.25, -0.2) is 4.79 Å². The molecule has 16 heavy (non-hydrogen) atoms. The number of benzene rings is 1. The molecule has 0 bridgehead atoms. The zero-order chi connectivity index (χ0) is 11.5. The predicted octanol–water partition coefficient (Wildman–Crippen LogP) is 2.29. The van der Waals surface area contributed by atoms with Crippen LogP contribution in [0.3, 0.4) is 0 Å². The van der Waals surface area contributed by atoms with E-state index in [9.17, 15) is 9.00 Å². The molecule has 4 heteroatoms. The molecular weight excluding hydrogens is 224 g/mol. The van der Waals surface area contributed by atoms with Crippen LogP contribution in [0, 0.1) is 5.92 Å². The molecule has 1 unspecified atom stereocenters. The highest BCUT2D eigenvalue weighted by Crippen LogP contribution is 2.32. The van der Waals surface area contributed by atoms with Gasteiger partial charge in [-0.1, -0.05) is 18.9 Å². The van der Waals surface area contributed by atoms with E-state index in [-0.39, 0.29) is 5.56 Å². The molecule has 0 spiro atoms. The Morgan fingerprint density at radius 2 is 2.19 bits per heavy atom. The van der Waals surface area contributed by atoms with Crippen LogP contribution < -0.4 is 0 Å². The summed E-state index contributed by atoms with van der Waals surface area (Å²) in [6.07, 6.45) is 3.50. The first-order valence-electron chi connectivity index (χ1n) is 5.38. The van der Waals surface area contributed by atoms with Crippen LogP contribution in [-0.4, -0.2) is 21.0 Å². The molecule has 3 nitrogen and oxygen atoms in total. The molecule has 0 aliphatic heterocycles. The maximum atomic E-state index is 11.9.